The Morgan fingerprint density at radius 3 is 2.12 bits per heavy atom. The monoisotopic (exact) mass is 366 g/mol. The highest BCUT2D eigenvalue weighted by molar-refractivity contribution is 7.89. The van der Waals surface area contributed by atoms with E-state index in [0.717, 1.165) is 5.56 Å². The third kappa shape index (κ3) is 5.05. The summed E-state index contributed by atoms with van der Waals surface area (Å²) in [7, 11) is -3.15. The van der Waals surface area contributed by atoms with Gasteiger partial charge in [0.05, 0.1) is 11.8 Å². The Hall–Kier alpha value is -1.40. The van der Waals surface area contributed by atoms with Gasteiger partial charge in [0.1, 0.15) is 0 Å². The van der Waals surface area contributed by atoms with Crippen molar-refractivity contribution < 1.29 is 13.2 Å². The lowest BCUT2D eigenvalue weighted by atomic mass is 9.96. The Morgan fingerprint density at radius 2 is 1.64 bits per heavy atom. The van der Waals surface area contributed by atoms with Crippen LogP contribution in [0.3, 0.4) is 0 Å². The maximum Gasteiger partial charge on any atom is 0.223 e. The Labute approximate surface area is 151 Å². The van der Waals surface area contributed by atoms with Crippen LogP contribution in [0.15, 0.2) is 24.3 Å². The summed E-state index contributed by atoms with van der Waals surface area (Å²) in [5.41, 5.74) is 2.37. The highest BCUT2D eigenvalue weighted by Crippen LogP contribution is 2.22. The molecule has 6 heteroatoms. The summed E-state index contributed by atoms with van der Waals surface area (Å²) < 4.78 is 25.3. The molecule has 1 fully saturated rings. The molecule has 1 amide bonds. The molecule has 2 rings (SSSR count). The molecule has 5 nitrogen and oxygen atoms in total. The largest absolute Gasteiger partial charge is 0.349 e. The highest BCUT2D eigenvalue weighted by Gasteiger charge is 2.30. The molecular formula is C19H30N2O3S. The molecule has 1 saturated heterocycles. The predicted octanol–water partition coefficient (Wildman–Crippen LogP) is 3.05. The lowest BCUT2D eigenvalue weighted by Gasteiger charge is -2.31. The van der Waals surface area contributed by atoms with Gasteiger partial charge in [-0.3, -0.25) is 4.79 Å². The molecule has 25 heavy (non-hydrogen) atoms. The zero-order valence-corrected chi connectivity index (χ0v) is 16.5. The number of sulfonamides is 1. The summed E-state index contributed by atoms with van der Waals surface area (Å²) in [5.74, 6) is 0.519. The zero-order chi connectivity index (χ0) is 18.6. The van der Waals surface area contributed by atoms with Crippen molar-refractivity contribution in [1.82, 2.24) is 9.62 Å². The summed E-state index contributed by atoms with van der Waals surface area (Å²) in [6.45, 7) is 8.83. The molecule has 1 heterocycles. The van der Waals surface area contributed by atoms with Crippen LogP contribution in [-0.2, 0) is 14.8 Å². The SMILES string of the molecule is CCS(=O)(=O)N1CCC(C(=O)NC(C)c2ccc(C(C)C)cc2)CC1. The number of hydrogen-bond donors (Lipinski definition) is 1. The van der Waals surface area contributed by atoms with Crippen LogP contribution in [0.1, 0.15) is 63.6 Å². The van der Waals surface area contributed by atoms with E-state index in [1.807, 2.05) is 6.92 Å². The van der Waals surface area contributed by atoms with Crippen LogP contribution < -0.4 is 5.32 Å². The zero-order valence-electron chi connectivity index (χ0n) is 15.7. The van der Waals surface area contributed by atoms with E-state index in [1.54, 1.807) is 6.92 Å². The normalized spacial score (nSPS) is 18.3. The number of rotatable bonds is 6. The van der Waals surface area contributed by atoms with E-state index in [1.165, 1.54) is 9.87 Å². The van der Waals surface area contributed by atoms with Gasteiger partial charge in [0.25, 0.3) is 0 Å². The second-order valence-corrected chi connectivity index (χ2v) is 9.38. The van der Waals surface area contributed by atoms with Crippen molar-refractivity contribution in [3.8, 4) is 0 Å². The van der Waals surface area contributed by atoms with Crippen molar-refractivity contribution in [1.29, 1.82) is 0 Å². The van der Waals surface area contributed by atoms with Gasteiger partial charge in [-0.05, 0) is 43.7 Å². The fraction of sp³-hybridized carbons (Fsp3) is 0.632. The molecule has 0 aliphatic carbocycles. The van der Waals surface area contributed by atoms with Crippen molar-refractivity contribution in [3.05, 3.63) is 35.4 Å². The third-order valence-corrected chi connectivity index (χ3v) is 6.93. The average Bonchev–Trinajstić information content (AvgIpc) is 2.61. The summed E-state index contributed by atoms with van der Waals surface area (Å²) in [4.78, 5) is 12.5. The van der Waals surface area contributed by atoms with Crippen molar-refractivity contribution >= 4 is 15.9 Å². The van der Waals surface area contributed by atoms with Crippen LogP contribution >= 0.6 is 0 Å². The molecule has 1 aliphatic heterocycles. The fourth-order valence-corrected chi connectivity index (χ4v) is 4.30. The van der Waals surface area contributed by atoms with Crippen molar-refractivity contribution in [2.75, 3.05) is 18.8 Å². The van der Waals surface area contributed by atoms with Gasteiger partial charge in [0.2, 0.25) is 15.9 Å². The first-order valence-corrected chi connectivity index (χ1v) is 10.7. The van der Waals surface area contributed by atoms with E-state index in [2.05, 4.69) is 43.4 Å². The van der Waals surface area contributed by atoms with Crippen molar-refractivity contribution in [2.45, 2.75) is 52.5 Å². The second-order valence-electron chi connectivity index (χ2n) is 7.13. The molecule has 1 aromatic carbocycles. The van der Waals surface area contributed by atoms with Crippen LogP contribution in [0.4, 0.5) is 0 Å². The molecule has 0 bridgehead atoms. The van der Waals surface area contributed by atoms with E-state index in [4.69, 9.17) is 0 Å². The van der Waals surface area contributed by atoms with Crippen LogP contribution in [-0.4, -0.2) is 37.5 Å². The smallest absolute Gasteiger partial charge is 0.223 e. The van der Waals surface area contributed by atoms with Gasteiger partial charge in [-0.25, -0.2) is 12.7 Å². The number of piperidine rings is 1. The summed E-state index contributed by atoms with van der Waals surface area (Å²) in [6, 6.07) is 8.30. The number of benzene rings is 1. The van der Waals surface area contributed by atoms with Gasteiger partial charge < -0.3 is 5.32 Å². The number of nitrogens with zero attached hydrogens (tertiary/aromatic N) is 1. The number of hydrogen-bond acceptors (Lipinski definition) is 3. The van der Waals surface area contributed by atoms with Crippen LogP contribution in [0.5, 0.6) is 0 Å². The molecule has 1 N–H and O–H groups in total. The molecule has 0 aromatic heterocycles. The predicted molar refractivity (Wildman–Crippen MR) is 101 cm³/mol. The van der Waals surface area contributed by atoms with Gasteiger partial charge in [-0.2, -0.15) is 0 Å². The Kier molecular flexibility index (Phi) is 6.63. The average molecular weight is 367 g/mol. The molecule has 1 unspecified atom stereocenters. The molecule has 0 radical (unpaired) electrons. The van der Waals surface area contributed by atoms with E-state index in [9.17, 15) is 13.2 Å². The van der Waals surface area contributed by atoms with Crippen LogP contribution in [0.2, 0.25) is 0 Å². The Morgan fingerprint density at radius 1 is 1.12 bits per heavy atom. The van der Waals surface area contributed by atoms with E-state index in [0.29, 0.717) is 31.8 Å². The second kappa shape index (κ2) is 8.32. The van der Waals surface area contributed by atoms with E-state index < -0.39 is 10.0 Å². The number of nitrogens with one attached hydrogen (secondary N) is 1. The minimum absolute atomic E-state index is 0.0222. The minimum Gasteiger partial charge on any atom is -0.349 e. The van der Waals surface area contributed by atoms with Gasteiger partial charge in [-0.15, -0.1) is 0 Å². The lowest BCUT2D eigenvalue weighted by molar-refractivity contribution is -0.126. The van der Waals surface area contributed by atoms with Crippen LogP contribution in [0, 0.1) is 5.92 Å². The lowest BCUT2D eigenvalue weighted by Crippen LogP contribution is -2.43. The van der Waals surface area contributed by atoms with Crippen molar-refractivity contribution in [3.63, 3.8) is 0 Å². The first-order chi connectivity index (χ1) is 11.7. The fourth-order valence-electron chi connectivity index (χ4n) is 3.16. The maximum absolute atomic E-state index is 12.5. The first-order valence-electron chi connectivity index (χ1n) is 9.12. The first kappa shape index (κ1) is 19.9. The Balaban J connectivity index is 1.90. The van der Waals surface area contributed by atoms with Gasteiger partial charge in [0.15, 0.2) is 0 Å². The third-order valence-electron chi connectivity index (χ3n) is 5.04. The molecular weight excluding hydrogens is 336 g/mol. The summed E-state index contributed by atoms with van der Waals surface area (Å²) in [5, 5.41) is 3.08. The maximum atomic E-state index is 12.5. The van der Waals surface area contributed by atoms with E-state index in [-0.39, 0.29) is 23.6 Å². The number of amides is 1. The quantitative estimate of drug-likeness (QED) is 0.841. The molecule has 140 valence electrons. The summed E-state index contributed by atoms with van der Waals surface area (Å²) in [6.07, 6.45) is 1.17. The topological polar surface area (TPSA) is 66.5 Å². The number of carbonyl (C=O) groups excluding carboxylic acids is 1. The summed E-state index contributed by atoms with van der Waals surface area (Å²) >= 11 is 0. The molecule has 1 aromatic rings. The van der Waals surface area contributed by atoms with Gasteiger partial charge in [0, 0.05) is 19.0 Å². The minimum atomic E-state index is -3.15. The van der Waals surface area contributed by atoms with Gasteiger partial charge in [-0.1, -0.05) is 38.1 Å². The molecule has 1 atom stereocenters. The van der Waals surface area contributed by atoms with Crippen LogP contribution in [0.25, 0.3) is 0 Å². The Bertz CT molecular complexity index is 675. The molecule has 0 spiro atoms. The van der Waals surface area contributed by atoms with E-state index >= 15 is 0 Å². The molecule has 0 saturated carbocycles. The van der Waals surface area contributed by atoms with Gasteiger partial charge >= 0.3 is 0 Å². The highest BCUT2D eigenvalue weighted by atomic mass is 32.2. The van der Waals surface area contributed by atoms with Crippen molar-refractivity contribution in [2.24, 2.45) is 5.92 Å². The number of carbonyl (C=O) groups is 1. The standard InChI is InChI=1S/C19H30N2O3S/c1-5-25(23,24)21-12-10-18(11-13-21)19(22)20-15(4)17-8-6-16(7-9-17)14(2)3/h6-9,14-15,18H,5,10-13H2,1-4H3,(H,20,22). The molecule has 1 aliphatic rings.